The Morgan fingerprint density at radius 1 is 1.54 bits per heavy atom. The average molecular weight is 361 g/mol. The molecule has 1 unspecified atom stereocenters. The Morgan fingerprint density at radius 3 is 2.96 bits per heavy atom. The summed E-state index contributed by atoms with van der Waals surface area (Å²) in [6.07, 6.45) is 2.68. The van der Waals surface area contributed by atoms with E-state index in [1.54, 1.807) is 6.07 Å². The second kappa shape index (κ2) is 6.82. The molecular weight excluding hydrogens is 345 g/mol. The van der Waals surface area contributed by atoms with E-state index in [2.05, 4.69) is 10.3 Å². The van der Waals surface area contributed by atoms with E-state index in [-0.39, 0.29) is 18.1 Å². The molecule has 0 spiro atoms. The minimum absolute atomic E-state index is 0.104. The number of oxime groups is 1. The maximum atomic E-state index is 14.5. The Hall–Kier alpha value is -3.43. The number of rotatable bonds is 4. The van der Waals surface area contributed by atoms with Crippen LogP contribution in [-0.4, -0.2) is 57.9 Å². The van der Waals surface area contributed by atoms with E-state index in [9.17, 15) is 14.0 Å². The number of halogens is 1. The third-order valence-electron chi connectivity index (χ3n) is 4.02. The fourth-order valence-corrected chi connectivity index (χ4v) is 2.51. The van der Waals surface area contributed by atoms with Crippen molar-refractivity contribution >= 4 is 23.9 Å². The Bertz CT molecular complexity index is 881. The van der Waals surface area contributed by atoms with Crippen molar-refractivity contribution in [2.45, 2.75) is 13.2 Å². The van der Waals surface area contributed by atoms with E-state index < -0.39 is 18.1 Å². The number of aromatic nitrogens is 2. The zero-order valence-electron chi connectivity index (χ0n) is 14.0. The predicted molar refractivity (Wildman–Crippen MR) is 89.0 cm³/mol. The summed E-state index contributed by atoms with van der Waals surface area (Å²) in [7, 11) is 1.53. The molecular formula is C16H16FN5O4. The normalized spacial score (nSPS) is 17.0. The Labute approximate surface area is 147 Å². The minimum Gasteiger partial charge on any atom is -0.423 e. The van der Waals surface area contributed by atoms with Gasteiger partial charge in [-0.2, -0.15) is 5.10 Å². The van der Waals surface area contributed by atoms with Crippen LogP contribution in [0.4, 0.5) is 14.9 Å². The highest BCUT2D eigenvalue weighted by molar-refractivity contribution is 5.90. The number of cyclic esters (lactones) is 1. The lowest BCUT2D eigenvalue weighted by atomic mass is 10.2. The second-order valence-corrected chi connectivity index (χ2v) is 5.68. The molecule has 9 nitrogen and oxygen atoms in total. The van der Waals surface area contributed by atoms with E-state index in [4.69, 9.17) is 9.94 Å². The van der Waals surface area contributed by atoms with Gasteiger partial charge in [-0.05, 0) is 18.2 Å². The van der Waals surface area contributed by atoms with Crippen LogP contribution in [-0.2, 0) is 9.53 Å². The number of ether oxygens (including phenoxy) is 1. The van der Waals surface area contributed by atoms with E-state index in [1.165, 1.54) is 59.2 Å². The third-order valence-corrected chi connectivity index (χ3v) is 4.02. The number of hydrogen-bond donors (Lipinski definition) is 1. The van der Waals surface area contributed by atoms with Gasteiger partial charge in [0.05, 0.1) is 24.6 Å². The van der Waals surface area contributed by atoms with E-state index in [0.29, 0.717) is 11.3 Å². The van der Waals surface area contributed by atoms with Crippen LogP contribution in [0.3, 0.4) is 0 Å². The number of carbonyl (C=O) groups excluding carboxylic acids is 2. The molecule has 1 aromatic carbocycles. The Balaban J connectivity index is 1.83. The van der Waals surface area contributed by atoms with Crippen LogP contribution in [0.5, 0.6) is 0 Å². The standard InChI is InChI=1S/C16H16FN5O4/c1-10(23)20(2)15-9-21(16(24)26-15)12-3-4-14(13(17)5-12)22-8-11(6-18-22)7-19-25/h3-8,15,25H,9H2,1-2H3. The summed E-state index contributed by atoms with van der Waals surface area (Å²) < 4.78 is 20.9. The van der Waals surface area contributed by atoms with Gasteiger partial charge in [0.2, 0.25) is 5.91 Å². The van der Waals surface area contributed by atoms with Crippen LogP contribution < -0.4 is 4.90 Å². The van der Waals surface area contributed by atoms with Crippen molar-refractivity contribution < 1.29 is 23.9 Å². The lowest BCUT2D eigenvalue weighted by Crippen LogP contribution is -2.38. The molecule has 0 bridgehead atoms. The summed E-state index contributed by atoms with van der Waals surface area (Å²) in [6.45, 7) is 1.47. The fourth-order valence-electron chi connectivity index (χ4n) is 2.51. The molecule has 1 aromatic heterocycles. The second-order valence-electron chi connectivity index (χ2n) is 5.68. The number of hydrogen-bond acceptors (Lipinski definition) is 6. The highest BCUT2D eigenvalue weighted by atomic mass is 19.1. The Morgan fingerprint density at radius 2 is 2.31 bits per heavy atom. The first-order valence-electron chi connectivity index (χ1n) is 7.64. The summed E-state index contributed by atoms with van der Waals surface area (Å²) in [5.41, 5.74) is 0.963. The van der Waals surface area contributed by atoms with Gasteiger partial charge in [-0.1, -0.05) is 5.16 Å². The van der Waals surface area contributed by atoms with Gasteiger partial charge in [0, 0.05) is 25.7 Å². The molecule has 3 rings (SSSR count). The molecule has 136 valence electrons. The van der Waals surface area contributed by atoms with Crippen molar-refractivity contribution in [1.82, 2.24) is 14.7 Å². The molecule has 10 heteroatoms. The lowest BCUT2D eigenvalue weighted by Gasteiger charge is -2.20. The smallest absolute Gasteiger partial charge is 0.416 e. The van der Waals surface area contributed by atoms with Gasteiger partial charge < -0.3 is 14.8 Å². The van der Waals surface area contributed by atoms with Crippen molar-refractivity contribution in [1.29, 1.82) is 0 Å². The highest BCUT2D eigenvalue weighted by Crippen LogP contribution is 2.26. The maximum absolute atomic E-state index is 14.5. The van der Waals surface area contributed by atoms with Crippen LogP contribution in [0.1, 0.15) is 12.5 Å². The van der Waals surface area contributed by atoms with Gasteiger partial charge in [0.15, 0.2) is 12.0 Å². The van der Waals surface area contributed by atoms with Crippen LogP contribution >= 0.6 is 0 Å². The molecule has 1 atom stereocenters. The van der Waals surface area contributed by atoms with Gasteiger partial charge in [-0.3, -0.25) is 9.69 Å². The van der Waals surface area contributed by atoms with E-state index in [0.717, 1.165) is 0 Å². The molecule has 2 amide bonds. The molecule has 1 aliphatic heterocycles. The summed E-state index contributed by atoms with van der Waals surface area (Å²) in [6, 6.07) is 4.21. The topological polar surface area (TPSA) is 100 Å². The summed E-state index contributed by atoms with van der Waals surface area (Å²) in [5, 5.41) is 15.4. The van der Waals surface area contributed by atoms with E-state index in [1.807, 2.05) is 0 Å². The average Bonchev–Trinajstić information content (AvgIpc) is 3.21. The van der Waals surface area contributed by atoms with Crippen molar-refractivity contribution in [3.8, 4) is 5.69 Å². The molecule has 0 saturated carbocycles. The number of carbonyl (C=O) groups is 2. The zero-order chi connectivity index (χ0) is 18.8. The number of nitrogens with zero attached hydrogens (tertiary/aromatic N) is 5. The Kier molecular flexibility index (Phi) is 4.57. The van der Waals surface area contributed by atoms with Crippen LogP contribution in [0, 0.1) is 5.82 Å². The van der Waals surface area contributed by atoms with Gasteiger partial charge >= 0.3 is 6.09 Å². The first kappa shape index (κ1) is 17.4. The largest absolute Gasteiger partial charge is 0.423 e. The van der Waals surface area contributed by atoms with Crippen LogP contribution in [0.25, 0.3) is 5.69 Å². The fraction of sp³-hybridized carbons (Fsp3) is 0.250. The predicted octanol–water partition coefficient (Wildman–Crippen LogP) is 1.58. The first-order valence-corrected chi connectivity index (χ1v) is 7.64. The van der Waals surface area contributed by atoms with Gasteiger partial charge in [-0.15, -0.1) is 0 Å². The molecule has 26 heavy (non-hydrogen) atoms. The summed E-state index contributed by atoms with van der Waals surface area (Å²) in [5.74, 6) is -0.846. The molecule has 0 radical (unpaired) electrons. The molecule has 0 aliphatic carbocycles. The zero-order valence-corrected chi connectivity index (χ0v) is 14.0. The minimum atomic E-state index is -0.728. The van der Waals surface area contributed by atoms with Gasteiger partial charge in [0.1, 0.15) is 5.69 Å². The summed E-state index contributed by atoms with van der Waals surface area (Å²) in [4.78, 5) is 26.0. The lowest BCUT2D eigenvalue weighted by molar-refractivity contribution is -0.134. The number of benzene rings is 1. The molecule has 1 N–H and O–H groups in total. The van der Waals surface area contributed by atoms with E-state index >= 15 is 0 Å². The van der Waals surface area contributed by atoms with Crippen molar-refractivity contribution in [2.24, 2.45) is 5.16 Å². The quantitative estimate of drug-likeness (QED) is 0.506. The molecule has 1 aliphatic rings. The molecule has 1 fully saturated rings. The van der Waals surface area contributed by atoms with Crippen LogP contribution in [0.2, 0.25) is 0 Å². The SMILES string of the molecule is CC(=O)N(C)C1CN(c2ccc(-n3cc(C=NO)cn3)c(F)c2)C(=O)O1. The summed E-state index contributed by atoms with van der Waals surface area (Å²) >= 11 is 0. The van der Waals surface area contributed by atoms with Gasteiger partial charge in [-0.25, -0.2) is 13.9 Å². The number of anilines is 1. The first-order chi connectivity index (χ1) is 12.4. The molecule has 2 aromatic rings. The van der Waals surface area contributed by atoms with Crippen molar-refractivity contribution in [3.63, 3.8) is 0 Å². The number of likely N-dealkylation sites (N-methyl/N-ethyl adjacent to an activating group) is 1. The third kappa shape index (κ3) is 3.21. The molecule has 1 saturated heterocycles. The van der Waals surface area contributed by atoms with Gasteiger partial charge in [0.25, 0.3) is 0 Å². The molecule has 2 heterocycles. The maximum Gasteiger partial charge on any atom is 0.416 e. The van der Waals surface area contributed by atoms with Crippen LogP contribution in [0.15, 0.2) is 35.7 Å². The van der Waals surface area contributed by atoms with Crippen molar-refractivity contribution in [3.05, 3.63) is 42.0 Å². The monoisotopic (exact) mass is 361 g/mol. The highest BCUT2D eigenvalue weighted by Gasteiger charge is 2.36. The van der Waals surface area contributed by atoms with Crippen molar-refractivity contribution in [2.75, 3.05) is 18.5 Å². The number of amides is 2.